The summed E-state index contributed by atoms with van der Waals surface area (Å²) < 4.78 is 1.02. The van der Waals surface area contributed by atoms with Crippen LogP contribution in [0.1, 0.15) is 15.9 Å². The molecule has 0 aliphatic carbocycles. The van der Waals surface area contributed by atoms with E-state index in [9.17, 15) is 14.4 Å². The van der Waals surface area contributed by atoms with Gasteiger partial charge >= 0.3 is 5.97 Å². The highest BCUT2D eigenvalue weighted by Crippen LogP contribution is 2.24. The van der Waals surface area contributed by atoms with Crippen LogP contribution in [0.4, 0.5) is 5.69 Å². The number of aromatic nitrogens is 2. The Bertz CT molecular complexity index is 1060. The molecule has 7 heteroatoms. The third kappa shape index (κ3) is 4.27. The largest absolute Gasteiger partial charge is 0.480 e. The maximum absolute atomic E-state index is 12.6. The molecule has 0 bridgehead atoms. The van der Waals surface area contributed by atoms with Crippen molar-refractivity contribution in [2.24, 2.45) is 0 Å². The molecule has 1 aromatic carbocycles. The van der Waals surface area contributed by atoms with Crippen molar-refractivity contribution in [3.05, 3.63) is 82.5 Å². The van der Waals surface area contributed by atoms with E-state index in [0.717, 1.165) is 21.3 Å². The number of carbonyl (C=O) groups excluding carboxylic acids is 1. The summed E-state index contributed by atoms with van der Waals surface area (Å²) >= 11 is 0. The molecule has 0 saturated heterocycles. The molecular weight excluding hydrogens is 346 g/mol. The minimum absolute atomic E-state index is 0.337. The number of hydrogen-bond donors (Lipinski definition) is 2. The number of carboxylic acids is 1. The normalized spacial score (nSPS) is 10.4. The molecule has 27 heavy (non-hydrogen) atoms. The third-order valence-electron chi connectivity index (χ3n) is 4.02. The van der Waals surface area contributed by atoms with Gasteiger partial charge in [0.2, 0.25) is 0 Å². The van der Waals surface area contributed by atoms with Gasteiger partial charge in [0.25, 0.3) is 11.5 Å². The zero-order valence-electron chi connectivity index (χ0n) is 14.5. The van der Waals surface area contributed by atoms with Crippen LogP contribution in [0.15, 0.2) is 65.8 Å². The maximum Gasteiger partial charge on any atom is 0.323 e. The highest BCUT2D eigenvalue weighted by Gasteiger charge is 2.11. The van der Waals surface area contributed by atoms with Crippen molar-refractivity contribution in [3.63, 3.8) is 0 Å². The van der Waals surface area contributed by atoms with Crippen molar-refractivity contribution in [1.29, 1.82) is 0 Å². The van der Waals surface area contributed by atoms with Gasteiger partial charge in [-0.15, -0.1) is 0 Å². The molecule has 2 aromatic heterocycles. The van der Waals surface area contributed by atoms with E-state index in [2.05, 4.69) is 10.3 Å². The van der Waals surface area contributed by atoms with Crippen molar-refractivity contribution < 1.29 is 14.7 Å². The Morgan fingerprint density at radius 2 is 2.00 bits per heavy atom. The van der Waals surface area contributed by atoms with Crippen LogP contribution in [0.2, 0.25) is 0 Å². The summed E-state index contributed by atoms with van der Waals surface area (Å²) in [5.41, 5.74) is 3.13. The number of aliphatic carboxylic acids is 1. The van der Waals surface area contributed by atoms with Gasteiger partial charge in [0.1, 0.15) is 6.54 Å². The fourth-order valence-electron chi connectivity index (χ4n) is 2.67. The number of carbonyl (C=O) groups is 2. The Hall–Kier alpha value is -3.74. The highest BCUT2D eigenvalue weighted by atomic mass is 16.4. The molecule has 3 aromatic rings. The second-order valence-corrected chi connectivity index (χ2v) is 6.00. The van der Waals surface area contributed by atoms with Crippen LogP contribution < -0.4 is 10.9 Å². The van der Waals surface area contributed by atoms with E-state index < -0.39 is 18.1 Å². The zero-order chi connectivity index (χ0) is 19.4. The topological polar surface area (TPSA) is 101 Å². The van der Waals surface area contributed by atoms with Crippen LogP contribution in [-0.4, -0.2) is 26.5 Å². The molecule has 7 nitrogen and oxygen atoms in total. The average Bonchev–Trinajstić information content (AvgIpc) is 2.65. The molecule has 0 aliphatic rings. The number of nitrogens with one attached hydrogen (secondary N) is 1. The number of rotatable bonds is 5. The number of carboxylic acid groups (broad SMARTS) is 1. The lowest BCUT2D eigenvalue weighted by molar-refractivity contribution is -0.137. The lowest BCUT2D eigenvalue weighted by Gasteiger charge is -2.11. The minimum atomic E-state index is -1.14. The van der Waals surface area contributed by atoms with E-state index in [1.807, 2.05) is 25.1 Å². The molecule has 0 spiro atoms. The summed E-state index contributed by atoms with van der Waals surface area (Å²) in [7, 11) is 0. The van der Waals surface area contributed by atoms with E-state index >= 15 is 0 Å². The summed E-state index contributed by atoms with van der Waals surface area (Å²) in [5, 5.41) is 11.5. The molecular formula is C20H17N3O4. The summed E-state index contributed by atoms with van der Waals surface area (Å²) in [5.74, 6) is -1.50. The van der Waals surface area contributed by atoms with E-state index in [0.29, 0.717) is 11.3 Å². The summed E-state index contributed by atoms with van der Waals surface area (Å²) in [6.45, 7) is 1.48. The maximum atomic E-state index is 12.6. The Morgan fingerprint density at radius 1 is 1.19 bits per heavy atom. The van der Waals surface area contributed by atoms with E-state index in [1.54, 1.807) is 24.5 Å². The summed E-state index contributed by atoms with van der Waals surface area (Å²) in [4.78, 5) is 39.2. The molecule has 0 aliphatic heterocycles. The first kappa shape index (κ1) is 18.1. The fraction of sp³-hybridized carbons (Fsp3) is 0.100. The Balaban J connectivity index is 1.87. The quantitative estimate of drug-likeness (QED) is 0.725. The Morgan fingerprint density at radius 3 is 2.70 bits per heavy atom. The van der Waals surface area contributed by atoms with Crippen LogP contribution in [-0.2, 0) is 11.3 Å². The average molecular weight is 363 g/mol. The van der Waals surface area contributed by atoms with Gasteiger partial charge in [-0.1, -0.05) is 12.1 Å². The van der Waals surface area contributed by atoms with Gasteiger partial charge in [-0.05, 0) is 42.3 Å². The standard InChI is InChI=1S/C20H17N3O4/c1-13-4-5-14(9-17(13)15-3-2-8-21-10-15)20(27)22-16-6-7-18(24)23(11-16)12-19(25)26/h2-11H,12H2,1H3,(H,22,27)(H,25,26). The summed E-state index contributed by atoms with van der Waals surface area (Å²) in [6.07, 6.45) is 4.72. The van der Waals surface area contributed by atoms with Crippen molar-refractivity contribution in [2.45, 2.75) is 13.5 Å². The SMILES string of the molecule is Cc1ccc(C(=O)Nc2ccc(=O)n(CC(=O)O)c2)cc1-c1cccnc1. The van der Waals surface area contributed by atoms with Crippen molar-refractivity contribution >= 4 is 17.6 Å². The molecule has 3 rings (SSSR count). The number of pyridine rings is 2. The lowest BCUT2D eigenvalue weighted by atomic mass is 9.99. The lowest BCUT2D eigenvalue weighted by Crippen LogP contribution is -2.24. The number of hydrogen-bond acceptors (Lipinski definition) is 4. The minimum Gasteiger partial charge on any atom is -0.480 e. The van der Waals surface area contributed by atoms with E-state index in [1.165, 1.54) is 18.3 Å². The smallest absolute Gasteiger partial charge is 0.323 e. The van der Waals surface area contributed by atoms with E-state index in [4.69, 9.17) is 5.11 Å². The van der Waals surface area contributed by atoms with E-state index in [-0.39, 0.29) is 5.91 Å². The first-order valence-corrected chi connectivity index (χ1v) is 8.19. The number of benzene rings is 1. The number of aryl methyl sites for hydroxylation is 1. The van der Waals surface area contributed by atoms with Gasteiger partial charge in [-0.2, -0.15) is 0 Å². The molecule has 2 N–H and O–H groups in total. The predicted octanol–water partition coefficient (Wildman–Crippen LogP) is 2.56. The first-order chi connectivity index (χ1) is 12.9. The monoisotopic (exact) mass is 363 g/mol. The summed E-state index contributed by atoms with van der Waals surface area (Å²) in [6, 6.07) is 11.7. The van der Waals surface area contributed by atoms with Crippen molar-refractivity contribution in [1.82, 2.24) is 9.55 Å². The molecule has 0 fully saturated rings. The van der Waals surface area contributed by atoms with Crippen LogP contribution >= 0.6 is 0 Å². The molecule has 0 atom stereocenters. The van der Waals surface area contributed by atoms with Crippen molar-refractivity contribution in [3.8, 4) is 11.1 Å². The number of anilines is 1. The van der Waals surface area contributed by atoms with Gasteiger partial charge in [0, 0.05) is 35.8 Å². The predicted molar refractivity (Wildman–Crippen MR) is 101 cm³/mol. The van der Waals surface area contributed by atoms with Crippen LogP contribution in [0.3, 0.4) is 0 Å². The second kappa shape index (κ2) is 7.65. The first-order valence-electron chi connectivity index (χ1n) is 8.19. The van der Waals surface area contributed by atoms with Crippen LogP contribution in [0.25, 0.3) is 11.1 Å². The van der Waals surface area contributed by atoms with Crippen LogP contribution in [0.5, 0.6) is 0 Å². The molecule has 2 heterocycles. The second-order valence-electron chi connectivity index (χ2n) is 6.00. The van der Waals surface area contributed by atoms with Crippen molar-refractivity contribution in [2.75, 3.05) is 5.32 Å². The zero-order valence-corrected chi connectivity index (χ0v) is 14.5. The molecule has 0 unspecified atom stereocenters. The van der Waals surface area contributed by atoms with Crippen LogP contribution in [0, 0.1) is 6.92 Å². The van der Waals surface area contributed by atoms with Gasteiger partial charge in [0.15, 0.2) is 0 Å². The molecule has 136 valence electrons. The van der Waals surface area contributed by atoms with Gasteiger partial charge < -0.3 is 15.0 Å². The molecule has 1 amide bonds. The molecule has 0 saturated carbocycles. The fourth-order valence-corrected chi connectivity index (χ4v) is 2.67. The van der Waals surface area contributed by atoms with Gasteiger partial charge in [0.05, 0.1) is 5.69 Å². The number of amides is 1. The Kier molecular flexibility index (Phi) is 5.12. The highest BCUT2D eigenvalue weighted by molar-refractivity contribution is 6.05. The Labute approximate surface area is 154 Å². The number of nitrogens with zero attached hydrogens (tertiary/aromatic N) is 2. The van der Waals surface area contributed by atoms with Gasteiger partial charge in [-0.3, -0.25) is 19.4 Å². The van der Waals surface area contributed by atoms with Gasteiger partial charge in [-0.25, -0.2) is 0 Å². The molecule has 0 radical (unpaired) electrons. The third-order valence-corrected chi connectivity index (χ3v) is 4.02.